The van der Waals surface area contributed by atoms with Crippen molar-refractivity contribution in [2.24, 2.45) is 11.1 Å². The lowest BCUT2D eigenvalue weighted by Gasteiger charge is -2.30. The normalized spacial score (nSPS) is 19.1. The quantitative estimate of drug-likeness (QED) is 0.824. The Hall–Kier alpha value is -2.70. The van der Waals surface area contributed by atoms with E-state index in [1.807, 2.05) is 17.7 Å². The number of nitrogens with two attached hydrogens (primary N) is 1. The van der Waals surface area contributed by atoms with Crippen molar-refractivity contribution >= 4 is 17.5 Å². The standard InChI is InChI=1S/C22H29N5O2/c1-13-12-27(15-9-22(2,3)10-16(28)18(13)15)17-11-24-19(20(23)29)21(26-17)25-14-7-5-4-6-8-14/h11-12,14H,4-10H2,1-3H3,(H2,23,29)(H,25,26). The van der Waals surface area contributed by atoms with Crippen molar-refractivity contribution in [2.75, 3.05) is 5.32 Å². The van der Waals surface area contributed by atoms with E-state index in [9.17, 15) is 9.59 Å². The molecule has 0 aliphatic heterocycles. The SMILES string of the molecule is Cc1cn(-c2cnc(C(N)=O)c(NC3CCCCC3)n2)c2c1C(=O)CC(C)(C)C2. The first-order chi connectivity index (χ1) is 13.7. The summed E-state index contributed by atoms with van der Waals surface area (Å²) in [6.07, 6.45) is 10.5. The third kappa shape index (κ3) is 3.78. The Bertz CT molecular complexity index is 970. The van der Waals surface area contributed by atoms with E-state index in [2.05, 4.69) is 24.1 Å². The summed E-state index contributed by atoms with van der Waals surface area (Å²) in [5, 5.41) is 3.40. The number of aromatic nitrogens is 3. The highest BCUT2D eigenvalue weighted by atomic mass is 16.1. The molecule has 7 nitrogen and oxygen atoms in total. The summed E-state index contributed by atoms with van der Waals surface area (Å²) in [4.78, 5) is 33.7. The van der Waals surface area contributed by atoms with E-state index in [0.717, 1.165) is 48.9 Å². The number of hydrogen-bond donors (Lipinski definition) is 2. The number of nitrogens with zero attached hydrogens (tertiary/aromatic N) is 3. The molecule has 0 spiro atoms. The van der Waals surface area contributed by atoms with Crippen LogP contribution in [0.2, 0.25) is 0 Å². The van der Waals surface area contributed by atoms with E-state index in [1.54, 1.807) is 6.20 Å². The molecular weight excluding hydrogens is 366 g/mol. The van der Waals surface area contributed by atoms with Gasteiger partial charge in [0.05, 0.1) is 6.20 Å². The van der Waals surface area contributed by atoms with Gasteiger partial charge in [-0.2, -0.15) is 0 Å². The number of aryl methyl sites for hydroxylation is 1. The number of rotatable bonds is 4. The lowest BCUT2D eigenvalue weighted by atomic mass is 9.75. The molecule has 4 rings (SSSR count). The van der Waals surface area contributed by atoms with Gasteiger partial charge in [0.1, 0.15) is 0 Å². The zero-order valence-electron chi connectivity index (χ0n) is 17.4. The van der Waals surface area contributed by atoms with Gasteiger partial charge < -0.3 is 15.6 Å². The third-order valence-corrected chi connectivity index (χ3v) is 6.05. The highest BCUT2D eigenvalue weighted by Gasteiger charge is 2.35. The predicted molar refractivity (Wildman–Crippen MR) is 112 cm³/mol. The molecule has 2 heterocycles. The number of Topliss-reactive ketones (excluding diaryl/α,β-unsaturated/α-hetero) is 1. The van der Waals surface area contributed by atoms with Gasteiger partial charge in [-0.15, -0.1) is 0 Å². The minimum atomic E-state index is -0.593. The van der Waals surface area contributed by atoms with Gasteiger partial charge in [0, 0.05) is 29.9 Å². The fourth-order valence-corrected chi connectivity index (χ4v) is 4.70. The van der Waals surface area contributed by atoms with Crippen molar-refractivity contribution < 1.29 is 9.59 Å². The second-order valence-electron chi connectivity index (χ2n) is 9.21. The van der Waals surface area contributed by atoms with Crippen LogP contribution in [0.1, 0.15) is 84.5 Å². The molecule has 0 saturated heterocycles. The molecule has 2 aliphatic rings. The van der Waals surface area contributed by atoms with Crippen molar-refractivity contribution in [1.29, 1.82) is 0 Å². The Balaban J connectivity index is 1.76. The van der Waals surface area contributed by atoms with Gasteiger partial charge in [0.2, 0.25) is 0 Å². The van der Waals surface area contributed by atoms with Gasteiger partial charge in [-0.25, -0.2) is 9.97 Å². The predicted octanol–water partition coefficient (Wildman–Crippen LogP) is 3.57. The van der Waals surface area contributed by atoms with Crippen LogP contribution in [-0.2, 0) is 6.42 Å². The van der Waals surface area contributed by atoms with Crippen LogP contribution in [0.3, 0.4) is 0 Å². The van der Waals surface area contributed by atoms with E-state index < -0.39 is 5.91 Å². The number of ketones is 1. The highest BCUT2D eigenvalue weighted by molar-refractivity contribution is 6.00. The van der Waals surface area contributed by atoms with E-state index in [-0.39, 0.29) is 22.9 Å². The third-order valence-electron chi connectivity index (χ3n) is 6.05. The fourth-order valence-electron chi connectivity index (χ4n) is 4.70. The zero-order chi connectivity index (χ0) is 20.8. The van der Waals surface area contributed by atoms with Gasteiger partial charge in [0.25, 0.3) is 5.91 Å². The van der Waals surface area contributed by atoms with Gasteiger partial charge in [0.15, 0.2) is 23.1 Å². The summed E-state index contributed by atoms with van der Waals surface area (Å²) in [5.74, 6) is 0.616. The maximum absolute atomic E-state index is 12.7. The smallest absolute Gasteiger partial charge is 0.271 e. The molecule has 2 aromatic rings. The number of fused-ring (bicyclic) bond motifs is 1. The molecule has 1 amide bonds. The fraction of sp³-hybridized carbons (Fsp3) is 0.545. The largest absolute Gasteiger partial charge is 0.365 e. The van der Waals surface area contributed by atoms with Crippen LogP contribution in [0, 0.1) is 12.3 Å². The van der Waals surface area contributed by atoms with E-state index in [4.69, 9.17) is 10.7 Å². The summed E-state index contributed by atoms with van der Waals surface area (Å²) in [5.41, 5.74) is 8.32. The molecule has 7 heteroatoms. The first-order valence-electron chi connectivity index (χ1n) is 10.4. The molecule has 1 saturated carbocycles. The number of anilines is 1. The Kier molecular flexibility index (Phi) is 4.92. The first-order valence-corrected chi connectivity index (χ1v) is 10.4. The van der Waals surface area contributed by atoms with Gasteiger partial charge in [-0.1, -0.05) is 33.1 Å². The Labute approximate surface area is 171 Å². The second kappa shape index (κ2) is 7.28. The van der Waals surface area contributed by atoms with Crippen LogP contribution in [0.5, 0.6) is 0 Å². The number of nitrogens with one attached hydrogen (secondary N) is 1. The van der Waals surface area contributed by atoms with Crippen molar-refractivity contribution in [1.82, 2.24) is 14.5 Å². The number of hydrogen-bond acceptors (Lipinski definition) is 5. The van der Waals surface area contributed by atoms with E-state index >= 15 is 0 Å². The second-order valence-corrected chi connectivity index (χ2v) is 9.21. The summed E-state index contributed by atoms with van der Waals surface area (Å²) in [6, 6.07) is 0.271. The number of primary amides is 1. The van der Waals surface area contributed by atoms with Crippen LogP contribution in [-0.4, -0.2) is 32.3 Å². The van der Waals surface area contributed by atoms with Crippen molar-refractivity contribution in [3.05, 3.63) is 34.9 Å². The molecule has 2 aromatic heterocycles. The number of carbonyl (C=O) groups is 2. The molecule has 0 atom stereocenters. The molecule has 1 fully saturated rings. The molecule has 3 N–H and O–H groups in total. The monoisotopic (exact) mass is 395 g/mol. The summed E-state index contributed by atoms with van der Waals surface area (Å²) in [7, 11) is 0. The van der Waals surface area contributed by atoms with E-state index in [0.29, 0.717) is 18.1 Å². The Morgan fingerprint density at radius 2 is 1.97 bits per heavy atom. The van der Waals surface area contributed by atoms with Gasteiger partial charge >= 0.3 is 0 Å². The summed E-state index contributed by atoms with van der Waals surface area (Å²) < 4.78 is 1.95. The average molecular weight is 396 g/mol. The van der Waals surface area contributed by atoms with Crippen LogP contribution < -0.4 is 11.1 Å². The molecule has 29 heavy (non-hydrogen) atoms. The van der Waals surface area contributed by atoms with E-state index in [1.165, 1.54) is 6.42 Å². The molecule has 0 aromatic carbocycles. The Morgan fingerprint density at radius 3 is 2.66 bits per heavy atom. The molecule has 0 radical (unpaired) electrons. The van der Waals surface area contributed by atoms with Crippen molar-refractivity contribution in [3.8, 4) is 5.82 Å². The number of carbonyl (C=O) groups excluding carboxylic acids is 2. The van der Waals surface area contributed by atoms with Crippen LogP contribution in [0.4, 0.5) is 5.82 Å². The molecule has 0 bridgehead atoms. The Morgan fingerprint density at radius 1 is 1.24 bits per heavy atom. The molecule has 0 unspecified atom stereocenters. The summed E-state index contributed by atoms with van der Waals surface area (Å²) in [6.45, 7) is 6.18. The van der Waals surface area contributed by atoms with Crippen LogP contribution in [0.25, 0.3) is 5.82 Å². The van der Waals surface area contributed by atoms with Crippen molar-refractivity contribution in [2.45, 2.75) is 71.8 Å². The van der Waals surface area contributed by atoms with Crippen LogP contribution >= 0.6 is 0 Å². The molecule has 2 aliphatic carbocycles. The highest BCUT2D eigenvalue weighted by Crippen LogP contribution is 2.38. The van der Waals surface area contributed by atoms with Crippen molar-refractivity contribution in [3.63, 3.8) is 0 Å². The number of amides is 1. The maximum Gasteiger partial charge on any atom is 0.271 e. The molecule has 154 valence electrons. The minimum absolute atomic E-state index is 0.101. The lowest BCUT2D eigenvalue weighted by Crippen LogP contribution is -2.29. The zero-order valence-corrected chi connectivity index (χ0v) is 17.4. The average Bonchev–Trinajstić information content (AvgIpc) is 2.97. The summed E-state index contributed by atoms with van der Waals surface area (Å²) >= 11 is 0. The van der Waals surface area contributed by atoms with Crippen LogP contribution in [0.15, 0.2) is 12.4 Å². The minimum Gasteiger partial charge on any atom is -0.365 e. The maximum atomic E-state index is 12.7. The van der Waals surface area contributed by atoms with Gasteiger partial charge in [-0.05, 0) is 37.2 Å². The lowest BCUT2D eigenvalue weighted by molar-refractivity contribution is 0.0909. The first kappa shape index (κ1) is 19.6. The van der Waals surface area contributed by atoms with Gasteiger partial charge in [-0.3, -0.25) is 9.59 Å². The topological polar surface area (TPSA) is 103 Å². The molecular formula is C22H29N5O2.